The van der Waals surface area contributed by atoms with Crippen LogP contribution in [0.25, 0.3) is 0 Å². The van der Waals surface area contributed by atoms with Gasteiger partial charge >= 0.3 is 5.97 Å². The summed E-state index contributed by atoms with van der Waals surface area (Å²) in [6.45, 7) is 1.88. The number of thioether (sulfide) groups is 1. The Morgan fingerprint density at radius 1 is 0.733 bits per heavy atom. The number of benzene rings is 4. The average Bonchev–Trinajstić information content (AvgIpc) is 3.31. The van der Waals surface area contributed by atoms with Crippen molar-refractivity contribution >= 4 is 29.5 Å². The molecule has 4 aromatic rings. The Kier molecular flexibility index (Phi) is 9.71. The fourth-order valence-electron chi connectivity index (χ4n) is 5.66. The van der Waals surface area contributed by atoms with Gasteiger partial charge in [-0.3, -0.25) is 19.3 Å². The van der Waals surface area contributed by atoms with E-state index in [4.69, 9.17) is 18.9 Å². The van der Waals surface area contributed by atoms with Crippen LogP contribution < -0.4 is 0 Å². The van der Waals surface area contributed by atoms with Crippen LogP contribution in [0, 0.1) is 0 Å². The molecule has 6 rings (SSSR count). The molecule has 0 radical (unpaired) electrons. The first-order chi connectivity index (χ1) is 22.0. The minimum Gasteiger partial charge on any atom is -0.457 e. The second kappa shape index (κ2) is 14.2. The predicted octanol–water partition coefficient (Wildman–Crippen LogP) is 5.90. The maximum absolute atomic E-state index is 13.9. The number of rotatable bonds is 11. The van der Waals surface area contributed by atoms with Crippen molar-refractivity contribution in [1.29, 1.82) is 0 Å². The van der Waals surface area contributed by atoms with Crippen molar-refractivity contribution in [1.82, 2.24) is 4.90 Å². The van der Waals surface area contributed by atoms with E-state index in [9.17, 15) is 14.4 Å². The number of hydrogen-bond acceptors (Lipinski definition) is 8. The van der Waals surface area contributed by atoms with E-state index in [1.165, 1.54) is 23.6 Å². The van der Waals surface area contributed by atoms with Gasteiger partial charge in [-0.15, -0.1) is 0 Å². The summed E-state index contributed by atoms with van der Waals surface area (Å²) in [6.07, 6.45) is -2.67. The molecule has 4 aromatic carbocycles. The molecule has 0 N–H and O–H groups in total. The second-order valence-electron chi connectivity index (χ2n) is 10.8. The Balaban J connectivity index is 1.39. The van der Waals surface area contributed by atoms with Gasteiger partial charge in [-0.25, -0.2) is 0 Å². The van der Waals surface area contributed by atoms with E-state index in [1.807, 2.05) is 91.0 Å². The van der Waals surface area contributed by atoms with Crippen LogP contribution in [0.5, 0.6) is 0 Å². The number of amides is 2. The lowest BCUT2D eigenvalue weighted by molar-refractivity contribution is -0.219. The van der Waals surface area contributed by atoms with Gasteiger partial charge in [0, 0.05) is 11.8 Å². The van der Waals surface area contributed by atoms with E-state index >= 15 is 0 Å². The minimum absolute atomic E-state index is 0.0821. The standard InChI is InChI=1S/C36H33NO7S/c1-24(38)43-32-30(23-41-21-25-13-5-2-6-14-25)44-36(45-27-17-9-4-10-18-27)31(33(32)42-22-26-15-7-3-8-16-26)37-34(39)28-19-11-12-20-29(28)35(37)40/h2-20,30-33,36H,21-23H2,1H3. The van der Waals surface area contributed by atoms with Crippen molar-refractivity contribution in [2.45, 2.75) is 54.8 Å². The first kappa shape index (κ1) is 30.7. The van der Waals surface area contributed by atoms with Crippen LogP contribution in [-0.2, 0) is 37.0 Å². The van der Waals surface area contributed by atoms with Crippen LogP contribution in [0.4, 0.5) is 0 Å². The summed E-state index contributed by atoms with van der Waals surface area (Å²) < 4.78 is 25.3. The van der Waals surface area contributed by atoms with Crippen molar-refractivity contribution in [2.24, 2.45) is 0 Å². The summed E-state index contributed by atoms with van der Waals surface area (Å²) in [5.41, 5.74) is 1.71. The van der Waals surface area contributed by atoms with Gasteiger partial charge in [-0.1, -0.05) is 103 Å². The van der Waals surface area contributed by atoms with Crippen LogP contribution in [0.1, 0.15) is 38.8 Å². The predicted molar refractivity (Wildman–Crippen MR) is 168 cm³/mol. The first-order valence-electron chi connectivity index (χ1n) is 14.8. The van der Waals surface area contributed by atoms with Crippen LogP contribution in [0.15, 0.2) is 120 Å². The van der Waals surface area contributed by atoms with E-state index in [0.29, 0.717) is 17.7 Å². The third-order valence-corrected chi connectivity index (χ3v) is 8.88. The molecule has 230 valence electrons. The number of hydrogen-bond donors (Lipinski definition) is 0. The Morgan fingerprint density at radius 2 is 1.27 bits per heavy atom. The van der Waals surface area contributed by atoms with Crippen LogP contribution >= 0.6 is 11.8 Å². The number of esters is 1. The SMILES string of the molecule is CC(=O)OC1C(COCc2ccccc2)OC(Sc2ccccc2)C(N2C(=O)c3ccccc3C2=O)C1OCc1ccccc1. The zero-order valence-electron chi connectivity index (χ0n) is 24.7. The van der Waals surface area contributed by atoms with Gasteiger partial charge in [-0.2, -0.15) is 0 Å². The Labute approximate surface area is 266 Å². The lowest BCUT2D eigenvalue weighted by atomic mass is 9.95. The molecule has 5 unspecified atom stereocenters. The smallest absolute Gasteiger partial charge is 0.303 e. The normalized spacial score (nSPS) is 22.7. The monoisotopic (exact) mass is 623 g/mol. The molecule has 2 heterocycles. The summed E-state index contributed by atoms with van der Waals surface area (Å²) in [6, 6.07) is 34.7. The summed E-state index contributed by atoms with van der Waals surface area (Å²) in [5, 5.41) is 0. The van der Waals surface area contributed by atoms with Crippen molar-refractivity contribution in [3.8, 4) is 0 Å². The highest BCUT2D eigenvalue weighted by Crippen LogP contribution is 2.41. The second-order valence-corrected chi connectivity index (χ2v) is 12.0. The zero-order valence-corrected chi connectivity index (χ0v) is 25.5. The molecule has 1 fully saturated rings. The number of ether oxygens (including phenoxy) is 4. The lowest BCUT2D eigenvalue weighted by Crippen LogP contribution is -2.66. The summed E-state index contributed by atoms with van der Waals surface area (Å²) in [5.74, 6) is -1.44. The fourth-order valence-corrected chi connectivity index (χ4v) is 6.86. The van der Waals surface area contributed by atoms with Crippen LogP contribution in [0.2, 0.25) is 0 Å². The largest absolute Gasteiger partial charge is 0.457 e. The summed E-state index contributed by atoms with van der Waals surface area (Å²) in [7, 11) is 0. The Hall–Kier alpha value is -4.28. The van der Waals surface area contributed by atoms with Crippen molar-refractivity contribution < 1.29 is 33.3 Å². The Bertz CT molecular complexity index is 1580. The van der Waals surface area contributed by atoms with Gasteiger partial charge < -0.3 is 18.9 Å². The molecule has 45 heavy (non-hydrogen) atoms. The van der Waals surface area contributed by atoms with Crippen molar-refractivity contribution in [3.63, 3.8) is 0 Å². The molecule has 9 heteroatoms. The van der Waals surface area contributed by atoms with E-state index in [1.54, 1.807) is 24.3 Å². The zero-order chi connectivity index (χ0) is 31.2. The molecule has 0 spiro atoms. The maximum atomic E-state index is 13.9. The van der Waals surface area contributed by atoms with Crippen molar-refractivity contribution in [3.05, 3.63) is 138 Å². The molecular weight excluding hydrogens is 590 g/mol. The lowest BCUT2D eigenvalue weighted by Gasteiger charge is -2.48. The maximum Gasteiger partial charge on any atom is 0.303 e. The third kappa shape index (κ3) is 7.02. The molecule has 0 bridgehead atoms. The van der Waals surface area contributed by atoms with Gasteiger partial charge in [-0.05, 0) is 35.4 Å². The van der Waals surface area contributed by atoms with Crippen molar-refractivity contribution in [2.75, 3.05) is 6.61 Å². The van der Waals surface area contributed by atoms with E-state index in [2.05, 4.69) is 0 Å². The highest BCUT2D eigenvalue weighted by molar-refractivity contribution is 7.99. The number of imide groups is 1. The number of carbonyl (C=O) groups excluding carboxylic acids is 3. The molecule has 8 nitrogen and oxygen atoms in total. The molecular formula is C36H33NO7S. The van der Waals surface area contributed by atoms with Crippen LogP contribution in [-0.4, -0.2) is 59.1 Å². The van der Waals surface area contributed by atoms with E-state index < -0.39 is 47.6 Å². The molecule has 2 aliphatic rings. The summed E-state index contributed by atoms with van der Waals surface area (Å²) >= 11 is 1.38. The molecule has 0 saturated carbocycles. The topological polar surface area (TPSA) is 91.4 Å². The van der Waals surface area contributed by atoms with Gasteiger partial charge in [0.1, 0.15) is 23.7 Å². The summed E-state index contributed by atoms with van der Waals surface area (Å²) in [4.78, 5) is 42.5. The number of carbonyl (C=O) groups is 3. The Morgan fingerprint density at radius 3 is 1.84 bits per heavy atom. The van der Waals surface area contributed by atoms with Gasteiger partial charge in [0.25, 0.3) is 11.8 Å². The van der Waals surface area contributed by atoms with Gasteiger partial charge in [0.2, 0.25) is 0 Å². The van der Waals surface area contributed by atoms with Gasteiger partial charge in [0.05, 0.1) is 30.9 Å². The molecule has 2 aliphatic heterocycles. The number of nitrogens with zero attached hydrogens (tertiary/aromatic N) is 1. The minimum atomic E-state index is -0.982. The highest BCUT2D eigenvalue weighted by atomic mass is 32.2. The number of fused-ring (bicyclic) bond motifs is 1. The van der Waals surface area contributed by atoms with Gasteiger partial charge in [0.15, 0.2) is 6.10 Å². The van der Waals surface area contributed by atoms with E-state index in [-0.39, 0.29) is 13.2 Å². The quantitative estimate of drug-likeness (QED) is 0.151. The molecule has 2 amide bonds. The average molecular weight is 624 g/mol. The molecule has 0 aliphatic carbocycles. The molecule has 0 aromatic heterocycles. The highest BCUT2D eigenvalue weighted by Gasteiger charge is 2.55. The first-order valence-corrected chi connectivity index (χ1v) is 15.7. The molecule has 5 atom stereocenters. The third-order valence-electron chi connectivity index (χ3n) is 7.71. The fraction of sp³-hybridized carbons (Fsp3) is 0.250. The van der Waals surface area contributed by atoms with E-state index in [0.717, 1.165) is 16.0 Å². The van der Waals surface area contributed by atoms with Crippen LogP contribution in [0.3, 0.4) is 0 Å². The molecule has 1 saturated heterocycles.